The summed E-state index contributed by atoms with van der Waals surface area (Å²) in [5.74, 6) is -0.499. The van der Waals surface area contributed by atoms with Gasteiger partial charge in [-0.2, -0.15) is 0 Å². The first-order chi connectivity index (χ1) is 9.42. The fourth-order valence-corrected chi connectivity index (χ4v) is 3.15. The average molecular weight is 282 g/mol. The van der Waals surface area contributed by atoms with Gasteiger partial charge in [-0.25, -0.2) is 0 Å². The van der Waals surface area contributed by atoms with Gasteiger partial charge < -0.3 is 14.6 Å². The number of carbonyl (C=O) groups is 2. The minimum atomic E-state index is -1.70. The van der Waals surface area contributed by atoms with Crippen LogP contribution in [0.4, 0.5) is 0 Å². The highest BCUT2D eigenvalue weighted by molar-refractivity contribution is 6.05. The number of ketones is 1. The van der Waals surface area contributed by atoms with Gasteiger partial charge in [0.15, 0.2) is 5.78 Å². The third-order valence-electron chi connectivity index (χ3n) is 4.15. The zero-order valence-electron chi connectivity index (χ0n) is 12.3. The lowest BCUT2D eigenvalue weighted by Gasteiger charge is -2.38. The molecule has 0 aromatic carbocycles. The van der Waals surface area contributed by atoms with Crippen LogP contribution in [0.25, 0.3) is 0 Å². The number of hydrogen-bond donors (Lipinski definition) is 1. The highest BCUT2D eigenvalue weighted by atomic mass is 16.5. The third kappa shape index (κ3) is 2.52. The van der Waals surface area contributed by atoms with Crippen LogP contribution in [0, 0.1) is 11.8 Å². The molecule has 0 aromatic rings. The van der Waals surface area contributed by atoms with E-state index in [4.69, 9.17) is 9.47 Å². The van der Waals surface area contributed by atoms with E-state index in [0.717, 1.165) is 12.0 Å². The van der Waals surface area contributed by atoms with Crippen LogP contribution in [0.2, 0.25) is 0 Å². The Morgan fingerprint density at radius 3 is 2.60 bits per heavy atom. The number of fused-ring (bicyclic) bond motifs is 1. The molecule has 2 rings (SSSR count). The lowest BCUT2D eigenvalue weighted by molar-refractivity contribution is -0.153. The Morgan fingerprint density at radius 2 is 2.00 bits per heavy atom. The van der Waals surface area contributed by atoms with E-state index < -0.39 is 11.6 Å². The molecule has 2 aliphatic rings. The number of hydrogen-bond acceptors (Lipinski definition) is 5. The summed E-state index contributed by atoms with van der Waals surface area (Å²) in [4.78, 5) is 24.0. The zero-order valence-corrected chi connectivity index (χ0v) is 12.3. The minimum absolute atomic E-state index is 0.0890. The van der Waals surface area contributed by atoms with Gasteiger partial charge >= 0.3 is 5.97 Å². The van der Waals surface area contributed by atoms with Crippen LogP contribution in [0.1, 0.15) is 33.6 Å². The van der Waals surface area contributed by atoms with Crippen LogP contribution in [0.3, 0.4) is 0 Å². The summed E-state index contributed by atoms with van der Waals surface area (Å²) in [5, 5.41) is 10.3. The van der Waals surface area contributed by atoms with E-state index in [-0.39, 0.29) is 24.7 Å². The van der Waals surface area contributed by atoms with Crippen molar-refractivity contribution >= 4 is 11.8 Å². The van der Waals surface area contributed by atoms with Crippen molar-refractivity contribution in [3.05, 3.63) is 11.1 Å². The number of ether oxygens (including phenoxy) is 2. The van der Waals surface area contributed by atoms with Crippen LogP contribution in [-0.4, -0.2) is 42.3 Å². The van der Waals surface area contributed by atoms with E-state index >= 15 is 0 Å². The Bertz CT molecular complexity index is 449. The number of esters is 1. The quantitative estimate of drug-likeness (QED) is 0.742. The van der Waals surface area contributed by atoms with E-state index in [1.807, 2.05) is 6.92 Å². The Labute approximate surface area is 118 Å². The first-order valence-corrected chi connectivity index (χ1v) is 7.15. The molecule has 5 nitrogen and oxygen atoms in total. The maximum absolute atomic E-state index is 12.5. The molecule has 0 amide bonds. The van der Waals surface area contributed by atoms with Crippen molar-refractivity contribution in [2.45, 2.75) is 39.2 Å². The van der Waals surface area contributed by atoms with Crippen molar-refractivity contribution in [1.82, 2.24) is 0 Å². The van der Waals surface area contributed by atoms with Crippen LogP contribution >= 0.6 is 0 Å². The van der Waals surface area contributed by atoms with Crippen LogP contribution in [0.15, 0.2) is 11.1 Å². The van der Waals surface area contributed by atoms with Crippen molar-refractivity contribution in [3.8, 4) is 0 Å². The molecule has 3 atom stereocenters. The fraction of sp³-hybridized carbons (Fsp3) is 0.733. The number of Topliss-reactive ketones (excluding diaryl/α,β-unsaturated/α-hetero) is 1. The number of rotatable bonds is 6. The van der Waals surface area contributed by atoms with Gasteiger partial charge in [-0.3, -0.25) is 9.59 Å². The molecule has 0 bridgehead atoms. The summed E-state index contributed by atoms with van der Waals surface area (Å²) >= 11 is 0. The summed E-state index contributed by atoms with van der Waals surface area (Å²) < 4.78 is 10.2. The molecule has 0 radical (unpaired) electrons. The van der Waals surface area contributed by atoms with Crippen LogP contribution in [-0.2, 0) is 19.1 Å². The molecule has 0 spiro atoms. The standard InChI is InChI=1S/C15H22O5/c1-4-9-10-7-19-8-11(10)13(9)14(17)15(3,18)6-12(16)20-5-2/h10-11,18H,4-8H2,1-3H3. The van der Waals surface area contributed by atoms with E-state index in [1.165, 1.54) is 6.92 Å². The molecule has 112 valence electrons. The smallest absolute Gasteiger partial charge is 0.309 e. The molecule has 1 aliphatic carbocycles. The highest BCUT2D eigenvalue weighted by Crippen LogP contribution is 2.48. The summed E-state index contributed by atoms with van der Waals surface area (Å²) in [7, 11) is 0. The largest absolute Gasteiger partial charge is 0.466 e. The Kier molecular flexibility index (Phi) is 4.30. The lowest BCUT2D eigenvalue weighted by atomic mass is 9.65. The van der Waals surface area contributed by atoms with Gasteiger partial charge in [-0.15, -0.1) is 0 Å². The molecule has 1 saturated heterocycles. The first-order valence-electron chi connectivity index (χ1n) is 7.15. The van der Waals surface area contributed by atoms with Gasteiger partial charge in [-0.1, -0.05) is 12.5 Å². The van der Waals surface area contributed by atoms with Crippen molar-refractivity contribution < 1.29 is 24.2 Å². The van der Waals surface area contributed by atoms with Gasteiger partial charge in [-0.05, 0) is 20.3 Å². The summed E-state index contributed by atoms with van der Waals surface area (Å²) in [6, 6.07) is 0. The monoisotopic (exact) mass is 282 g/mol. The maximum Gasteiger partial charge on any atom is 0.309 e. The molecule has 1 N–H and O–H groups in total. The summed E-state index contributed by atoms with van der Waals surface area (Å²) in [5.41, 5.74) is 0.0428. The zero-order chi connectivity index (χ0) is 14.9. The third-order valence-corrected chi connectivity index (χ3v) is 4.15. The maximum atomic E-state index is 12.5. The average Bonchev–Trinajstić information content (AvgIpc) is 2.73. The second-order valence-electron chi connectivity index (χ2n) is 5.63. The predicted molar refractivity (Wildman–Crippen MR) is 72.0 cm³/mol. The summed E-state index contributed by atoms with van der Waals surface area (Å²) in [6.45, 7) is 6.51. The van der Waals surface area contributed by atoms with E-state index in [9.17, 15) is 14.7 Å². The predicted octanol–water partition coefficient (Wildman–Crippen LogP) is 1.24. The molecule has 1 aliphatic heterocycles. The highest BCUT2D eigenvalue weighted by Gasteiger charge is 2.50. The van der Waals surface area contributed by atoms with Gasteiger partial charge in [0.1, 0.15) is 5.60 Å². The van der Waals surface area contributed by atoms with E-state index in [0.29, 0.717) is 24.7 Å². The molecule has 3 unspecified atom stereocenters. The first kappa shape index (κ1) is 15.2. The Hall–Kier alpha value is -1.20. The lowest BCUT2D eigenvalue weighted by Crippen LogP contribution is -2.45. The van der Waals surface area contributed by atoms with Gasteiger partial charge in [0.25, 0.3) is 0 Å². The van der Waals surface area contributed by atoms with E-state index in [1.54, 1.807) is 6.92 Å². The van der Waals surface area contributed by atoms with Gasteiger partial charge in [0.2, 0.25) is 0 Å². The molecular formula is C15H22O5. The van der Waals surface area contributed by atoms with Crippen LogP contribution in [0.5, 0.6) is 0 Å². The van der Waals surface area contributed by atoms with Gasteiger partial charge in [0, 0.05) is 17.4 Å². The molecule has 1 heterocycles. The molecular weight excluding hydrogens is 260 g/mol. The molecule has 20 heavy (non-hydrogen) atoms. The minimum Gasteiger partial charge on any atom is -0.466 e. The second-order valence-corrected chi connectivity index (χ2v) is 5.63. The van der Waals surface area contributed by atoms with Crippen molar-refractivity contribution in [3.63, 3.8) is 0 Å². The van der Waals surface area contributed by atoms with E-state index in [2.05, 4.69) is 0 Å². The fourth-order valence-electron chi connectivity index (χ4n) is 3.15. The summed E-state index contributed by atoms with van der Waals surface area (Å²) in [6.07, 6.45) is 0.472. The normalized spacial score (nSPS) is 27.6. The van der Waals surface area contributed by atoms with Gasteiger partial charge in [0.05, 0.1) is 26.2 Å². The molecule has 5 heteroatoms. The molecule has 1 fully saturated rings. The van der Waals surface area contributed by atoms with Crippen LogP contribution < -0.4 is 0 Å². The second kappa shape index (κ2) is 5.66. The molecule has 0 aromatic heterocycles. The number of aliphatic hydroxyl groups is 1. The molecule has 0 saturated carbocycles. The van der Waals surface area contributed by atoms with Crippen molar-refractivity contribution in [1.29, 1.82) is 0 Å². The Morgan fingerprint density at radius 1 is 1.35 bits per heavy atom. The topological polar surface area (TPSA) is 72.8 Å². The SMILES string of the molecule is CCOC(=O)CC(C)(O)C(=O)C1=C(CC)C2COCC12. The van der Waals surface area contributed by atoms with Crippen molar-refractivity contribution in [2.24, 2.45) is 11.8 Å². The van der Waals surface area contributed by atoms with Crippen molar-refractivity contribution in [2.75, 3.05) is 19.8 Å². The number of carbonyl (C=O) groups excluding carboxylic acids is 2. The Balaban J connectivity index is 2.14.